The molecule has 0 spiro atoms. The van der Waals surface area contributed by atoms with E-state index >= 15 is 0 Å². The van der Waals surface area contributed by atoms with Gasteiger partial charge in [-0.25, -0.2) is 0 Å². The van der Waals surface area contributed by atoms with E-state index in [1.54, 1.807) is 19.1 Å². The Labute approximate surface area is 181 Å². The molecule has 1 heterocycles. The number of furan rings is 1. The Hall–Kier alpha value is -3.57. The average molecular weight is 416 g/mol. The van der Waals surface area contributed by atoms with Gasteiger partial charge in [-0.3, -0.25) is 4.79 Å². The number of aryl methyl sites for hydroxylation is 1. The average Bonchev–Trinajstić information content (AvgIpc) is 3.12. The third-order valence-corrected chi connectivity index (χ3v) is 5.47. The number of phenols is 1. The van der Waals surface area contributed by atoms with Crippen LogP contribution in [0.25, 0.3) is 11.0 Å². The van der Waals surface area contributed by atoms with Gasteiger partial charge in [-0.2, -0.15) is 0 Å². The van der Waals surface area contributed by atoms with Crippen LogP contribution in [0.2, 0.25) is 0 Å². The van der Waals surface area contributed by atoms with Gasteiger partial charge in [0.05, 0.1) is 18.2 Å². The van der Waals surface area contributed by atoms with Crippen molar-refractivity contribution in [1.29, 1.82) is 0 Å². The molecule has 31 heavy (non-hydrogen) atoms. The lowest BCUT2D eigenvalue weighted by Crippen LogP contribution is -3.06. The fourth-order valence-corrected chi connectivity index (χ4v) is 3.99. The quantitative estimate of drug-likeness (QED) is 0.432. The topological polar surface area (TPSA) is 66.9 Å². The van der Waals surface area contributed by atoms with Gasteiger partial charge >= 0.3 is 0 Å². The van der Waals surface area contributed by atoms with Crippen LogP contribution in [0.15, 0.2) is 77.2 Å². The monoisotopic (exact) mass is 415 g/mol. The summed E-state index contributed by atoms with van der Waals surface area (Å²) in [5, 5.41) is 14.3. The molecule has 4 aromatic rings. The molecule has 0 saturated heterocycles. The summed E-state index contributed by atoms with van der Waals surface area (Å²) in [6, 6.07) is 23.4. The molecule has 1 unspecified atom stereocenters. The first kappa shape index (κ1) is 20.7. The molecule has 0 bridgehead atoms. The van der Waals surface area contributed by atoms with Crippen molar-refractivity contribution >= 4 is 16.9 Å². The highest BCUT2D eigenvalue weighted by molar-refractivity contribution is 6.08. The summed E-state index contributed by atoms with van der Waals surface area (Å²) in [6.45, 7) is 3.59. The number of carbonyl (C=O) groups is 1. The number of amides is 1. The van der Waals surface area contributed by atoms with Crippen LogP contribution < -0.4 is 10.2 Å². The second-order valence-corrected chi connectivity index (χ2v) is 7.93. The molecule has 0 fully saturated rings. The first-order chi connectivity index (χ1) is 15.0. The number of quaternary nitrogens is 1. The number of benzene rings is 3. The maximum absolute atomic E-state index is 13.1. The molecule has 5 nitrogen and oxygen atoms in total. The van der Waals surface area contributed by atoms with E-state index in [2.05, 4.69) is 24.5 Å². The van der Waals surface area contributed by atoms with Gasteiger partial charge in [0.25, 0.3) is 5.91 Å². The number of phenolic OH excluding ortho intramolecular Hbond substituents is 1. The van der Waals surface area contributed by atoms with Gasteiger partial charge in [0.15, 0.2) is 0 Å². The standard InChI is InChI=1S/C26H26N2O3/c1-18-24(26(30)27-15-19-9-5-3-6-10-19)25-21(22(29)13-14-23(25)31-18)17-28(2)16-20-11-7-4-8-12-20/h3-14,29H,15-17H2,1-2H3,(H,27,30)/p+1. The molecule has 1 atom stereocenters. The van der Waals surface area contributed by atoms with Crippen molar-refractivity contribution in [3.63, 3.8) is 0 Å². The summed E-state index contributed by atoms with van der Waals surface area (Å²) < 4.78 is 5.89. The lowest BCUT2D eigenvalue weighted by molar-refractivity contribution is -0.907. The second kappa shape index (κ2) is 9.06. The van der Waals surface area contributed by atoms with E-state index in [-0.39, 0.29) is 11.7 Å². The van der Waals surface area contributed by atoms with Crippen molar-refractivity contribution in [3.05, 3.63) is 101 Å². The summed E-state index contributed by atoms with van der Waals surface area (Å²) in [4.78, 5) is 14.3. The molecule has 1 amide bonds. The van der Waals surface area contributed by atoms with Gasteiger partial charge in [0, 0.05) is 17.5 Å². The van der Waals surface area contributed by atoms with Gasteiger partial charge in [-0.15, -0.1) is 0 Å². The predicted octanol–water partition coefficient (Wildman–Crippen LogP) is 3.59. The highest BCUT2D eigenvalue weighted by Crippen LogP contribution is 2.33. The SMILES string of the molecule is Cc1oc2ccc(O)c(C[NH+](C)Cc3ccccc3)c2c1C(=O)NCc1ccccc1. The van der Waals surface area contributed by atoms with E-state index in [4.69, 9.17) is 4.42 Å². The first-order valence-electron chi connectivity index (χ1n) is 10.4. The first-order valence-corrected chi connectivity index (χ1v) is 10.4. The Kier molecular flexibility index (Phi) is 6.05. The predicted molar refractivity (Wildman–Crippen MR) is 121 cm³/mol. The number of hydrogen-bond acceptors (Lipinski definition) is 3. The van der Waals surface area contributed by atoms with Gasteiger partial charge < -0.3 is 19.7 Å². The molecule has 1 aromatic heterocycles. The van der Waals surface area contributed by atoms with E-state index in [1.807, 2.05) is 48.5 Å². The summed E-state index contributed by atoms with van der Waals surface area (Å²) >= 11 is 0. The molecule has 0 radical (unpaired) electrons. The Bertz CT molecular complexity index is 1180. The third kappa shape index (κ3) is 4.62. The molecule has 0 aliphatic carbocycles. The maximum atomic E-state index is 13.1. The van der Waals surface area contributed by atoms with Crippen LogP contribution in [0.5, 0.6) is 5.75 Å². The van der Waals surface area contributed by atoms with Crippen molar-refractivity contribution in [2.45, 2.75) is 26.6 Å². The molecule has 5 heteroatoms. The molecular weight excluding hydrogens is 388 g/mol. The number of nitrogens with one attached hydrogen (secondary N) is 2. The van der Waals surface area contributed by atoms with Crippen LogP contribution in [0.4, 0.5) is 0 Å². The smallest absolute Gasteiger partial charge is 0.255 e. The van der Waals surface area contributed by atoms with Crippen molar-refractivity contribution < 1.29 is 19.2 Å². The normalized spacial score (nSPS) is 12.1. The minimum Gasteiger partial charge on any atom is -0.507 e. The van der Waals surface area contributed by atoms with Gasteiger partial charge in [-0.1, -0.05) is 60.7 Å². The largest absolute Gasteiger partial charge is 0.507 e. The Morgan fingerprint density at radius 3 is 2.26 bits per heavy atom. The molecular formula is C26H27N2O3+. The van der Waals surface area contributed by atoms with Crippen LogP contribution >= 0.6 is 0 Å². The zero-order valence-electron chi connectivity index (χ0n) is 17.8. The lowest BCUT2D eigenvalue weighted by Gasteiger charge is -2.16. The molecule has 3 aromatic carbocycles. The summed E-state index contributed by atoms with van der Waals surface area (Å²) in [5.41, 5.74) is 4.08. The number of hydrogen-bond donors (Lipinski definition) is 3. The van der Waals surface area contributed by atoms with Crippen molar-refractivity contribution in [2.24, 2.45) is 0 Å². The molecule has 3 N–H and O–H groups in total. The highest BCUT2D eigenvalue weighted by Gasteiger charge is 2.24. The molecule has 158 valence electrons. The van der Waals surface area contributed by atoms with E-state index < -0.39 is 0 Å². The zero-order chi connectivity index (χ0) is 21.8. The number of carbonyl (C=O) groups excluding carboxylic acids is 1. The van der Waals surface area contributed by atoms with Crippen LogP contribution in [-0.2, 0) is 19.6 Å². The Morgan fingerprint density at radius 1 is 0.935 bits per heavy atom. The van der Waals surface area contributed by atoms with Crippen molar-refractivity contribution in [2.75, 3.05) is 7.05 Å². The number of rotatable bonds is 7. The van der Waals surface area contributed by atoms with E-state index in [0.717, 1.165) is 17.7 Å². The number of fused-ring (bicyclic) bond motifs is 1. The maximum Gasteiger partial charge on any atom is 0.255 e. The van der Waals surface area contributed by atoms with Gasteiger partial charge in [-0.05, 0) is 24.6 Å². The van der Waals surface area contributed by atoms with Crippen molar-refractivity contribution in [3.8, 4) is 5.75 Å². The minimum absolute atomic E-state index is 0.179. The number of aromatic hydroxyl groups is 1. The Morgan fingerprint density at radius 2 is 1.58 bits per heavy atom. The molecule has 0 aliphatic heterocycles. The van der Waals surface area contributed by atoms with Crippen LogP contribution in [0, 0.1) is 6.92 Å². The molecule has 0 aliphatic rings. The van der Waals surface area contributed by atoms with Crippen LogP contribution in [-0.4, -0.2) is 18.1 Å². The molecule has 0 saturated carbocycles. The lowest BCUT2D eigenvalue weighted by atomic mass is 10.0. The summed E-state index contributed by atoms with van der Waals surface area (Å²) in [7, 11) is 2.08. The van der Waals surface area contributed by atoms with E-state index in [9.17, 15) is 9.90 Å². The Balaban J connectivity index is 1.62. The zero-order valence-corrected chi connectivity index (χ0v) is 17.8. The summed E-state index contributed by atoms with van der Waals surface area (Å²) in [5.74, 6) is 0.526. The van der Waals surface area contributed by atoms with E-state index in [0.29, 0.717) is 35.4 Å². The summed E-state index contributed by atoms with van der Waals surface area (Å²) in [6.07, 6.45) is 0. The van der Waals surface area contributed by atoms with Crippen molar-refractivity contribution in [1.82, 2.24) is 5.32 Å². The fraction of sp³-hybridized carbons (Fsp3) is 0.192. The minimum atomic E-state index is -0.201. The van der Waals surface area contributed by atoms with Gasteiger partial charge in [0.1, 0.15) is 30.2 Å². The highest BCUT2D eigenvalue weighted by atomic mass is 16.3. The third-order valence-electron chi connectivity index (χ3n) is 5.47. The molecule has 4 rings (SSSR count). The van der Waals surface area contributed by atoms with Gasteiger partial charge in [0.2, 0.25) is 0 Å². The van der Waals surface area contributed by atoms with Crippen LogP contribution in [0.3, 0.4) is 0 Å². The second-order valence-electron chi connectivity index (χ2n) is 7.93. The van der Waals surface area contributed by atoms with Crippen LogP contribution in [0.1, 0.15) is 32.8 Å². The van der Waals surface area contributed by atoms with E-state index in [1.165, 1.54) is 10.5 Å². The fourth-order valence-electron chi connectivity index (χ4n) is 3.99.